The van der Waals surface area contributed by atoms with Gasteiger partial charge in [0.25, 0.3) is 0 Å². The third-order valence-electron chi connectivity index (χ3n) is 14.2. The Kier molecular flexibility index (Phi) is 8.86. The largest absolute Gasteiger partial charge is 0.309 e. The van der Waals surface area contributed by atoms with Crippen LogP contribution in [0.2, 0.25) is 0 Å². The summed E-state index contributed by atoms with van der Waals surface area (Å²) >= 11 is 0. The highest BCUT2D eigenvalue weighted by atomic mass is 15.2. The SMILES string of the molecule is C1=CC2=C(CC1)Cc1ccc(-c3ccc(N(c4ccc(-c5ccc6c7ccccc7n(-c7ccccc7)c6c5)cc4)c4cccc5c6cccc7c8ccccc8n(c45)c76)cc3)cc12.CC. The lowest BCUT2D eigenvalue weighted by Gasteiger charge is -2.27. The Labute approximate surface area is 384 Å². The molecule has 2 aliphatic rings. The van der Waals surface area contributed by atoms with E-state index in [1.807, 2.05) is 13.8 Å². The summed E-state index contributed by atoms with van der Waals surface area (Å²) in [6.45, 7) is 4.00. The molecule has 3 aromatic heterocycles. The number of para-hydroxylation sites is 5. The van der Waals surface area contributed by atoms with Gasteiger partial charge in [-0.05, 0) is 125 Å². The van der Waals surface area contributed by atoms with E-state index in [0.29, 0.717) is 0 Å². The van der Waals surface area contributed by atoms with Gasteiger partial charge in [0.2, 0.25) is 0 Å². The monoisotopic (exact) mass is 845 g/mol. The number of allylic oxidation sites excluding steroid dienone is 4. The van der Waals surface area contributed by atoms with Crippen molar-refractivity contribution in [2.75, 3.05) is 4.90 Å². The first-order valence-electron chi connectivity index (χ1n) is 23.5. The van der Waals surface area contributed by atoms with E-state index in [4.69, 9.17) is 0 Å². The van der Waals surface area contributed by atoms with E-state index < -0.39 is 0 Å². The van der Waals surface area contributed by atoms with E-state index in [-0.39, 0.29) is 0 Å². The molecule has 66 heavy (non-hydrogen) atoms. The van der Waals surface area contributed by atoms with Crippen molar-refractivity contribution in [3.05, 3.63) is 229 Å². The minimum Gasteiger partial charge on any atom is -0.309 e. The van der Waals surface area contributed by atoms with E-state index in [9.17, 15) is 0 Å². The standard InChI is InChI=1S/C61H41N3.C2H6/c1-2-13-45(14-3-1)63-56-21-8-6-16-49(56)51-35-30-42(38-59(51)63)40-28-33-47(34-29-40)62(46-31-26-39(27-32-46)41-24-25-44-36-43-12-4-5-15-48(43)55(44)37-41)58-23-11-20-54-53-19-10-18-52-50-17-7-9-22-57(50)64(60(52)53)61(54)58;1-2/h1-3,5-11,13-35,37-38H,4,12,36H2;1-2H3. The van der Waals surface area contributed by atoms with Gasteiger partial charge in [0, 0.05) is 49.4 Å². The summed E-state index contributed by atoms with van der Waals surface area (Å²) in [4.78, 5) is 2.46. The molecule has 3 heteroatoms. The quantitative estimate of drug-likeness (QED) is 0.162. The molecule has 0 unspecified atom stereocenters. The maximum atomic E-state index is 2.51. The van der Waals surface area contributed by atoms with Crippen LogP contribution in [0.25, 0.3) is 93.4 Å². The fraction of sp³-hybridized carbons (Fsp3) is 0.0794. The molecule has 9 aromatic carbocycles. The van der Waals surface area contributed by atoms with E-state index in [2.05, 4.69) is 226 Å². The van der Waals surface area contributed by atoms with Gasteiger partial charge in [-0.15, -0.1) is 0 Å². The van der Waals surface area contributed by atoms with Crippen LogP contribution in [0, 0.1) is 0 Å². The second kappa shape index (κ2) is 15.3. The Balaban J connectivity index is 0.00000215. The van der Waals surface area contributed by atoms with Crippen molar-refractivity contribution in [3.63, 3.8) is 0 Å². The zero-order valence-electron chi connectivity index (χ0n) is 37.2. The zero-order valence-corrected chi connectivity index (χ0v) is 37.2. The van der Waals surface area contributed by atoms with Gasteiger partial charge in [0.05, 0.1) is 33.3 Å². The molecule has 0 atom stereocenters. The van der Waals surface area contributed by atoms with Crippen molar-refractivity contribution in [3.8, 4) is 27.9 Å². The first-order chi connectivity index (χ1) is 32.7. The van der Waals surface area contributed by atoms with Crippen molar-refractivity contribution < 1.29 is 0 Å². The lowest BCUT2D eigenvalue weighted by atomic mass is 9.95. The lowest BCUT2D eigenvalue weighted by Crippen LogP contribution is -2.11. The number of hydrogen-bond donors (Lipinski definition) is 0. The Morgan fingerprint density at radius 1 is 0.439 bits per heavy atom. The van der Waals surface area contributed by atoms with Crippen molar-refractivity contribution in [2.24, 2.45) is 0 Å². The van der Waals surface area contributed by atoms with Gasteiger partial charge in [-0.3, -0.25) is 0 Å². The molecule has 3 nitrogen and oxygen atoms in total. The first kappa shape index (κ1) is 38.3. The highest BCUT2D eigenvalue weighted by molar-refractivity contribution is 6.25. The molecule has 0 bridgehead atoms. The molecule has 12 aromatic rings. The number of rotatable bonds is 6. The van der Waals surface area contributed by atoms with Crippen molar-refractivity contribution >= 4 is 82.5 Å². The number of hydrogen-bond acceptors (Lipinski definition) is 1. The average molecular weight is 846 g/mol. The Morgan fingerprint density at radius 2 is 1.00 bits per heavy atom. The minimum atomic E-state index is 1.09. The smallest absolute Gasteiger partial charge is 0.0782 e. The van der Waals surface area contributed by atoms with Crippen LogP contribution in [-0.4, -0.2) is 8.97 Å². The molecular weight excluding hydrogens is 799 g/mol. The van der Waals surface area contributed by atoms with Crippen LogP contribution in [0.4, 0.5) is 17.1 Å². The summed E-state index contributed by atoms with van der Waals surface area (Å²) in [5, 5.41) is 7.63. The molecule has 0 amide bonds. The Bertz CT molecular complexity index is 3900. The summed E-state index contributed by atoms with van der Waals surface area (Å²) in [7, 11) is 0. The number of benzene rings is 9. The van der Waals surface area contributed by atoms with Crippen molar-refractivity contribution in [2.45, 2.75) is 33.1 Å². The number of nitrogens with zero attached hydrogens (tertiary/aromatic N) is 3. The van der Waals surface area contributed by atoms with Gasteiger partial charge in [-0.2, -0.15) is 0 Å². The van der Waals surface area contributed by atoms with Crippen LogP contribution in [-0.2, 0) is 6.42 Å². The summed E-state index contributed by atoms with van der Waals surface area (Å²) in [5.41, 5.74) is 21.4. The number of anilines is 3. The second-order valence-electron chi connectivity index (χ2n) is 17.6. The molecule has 0 radical (unpaired) electrons. The number of aromatic nitrogens is 2. The highest BCUT2D eigenvalue weighted by Crippen LogP contribution is 2.47. The average Bonchev–Trinajstić information content (AvgIpc) is 4.14. The van der Waals surface area contributed by atoms with E-state index in [1.165, 1.54) is 105 Å². The van der Waals surface area contributed by atoms with E-state index >= 15 is 0 Å². The molecule has 314 valence electrons. The molecule has 0 N–H and O–H groups in total. The van der Waals surface area contributed by atoms with Gasteiger partial charge in [-0.25, -0.2) is 0 Å². The van der Waals surface area contributed by atoms with Crippen LogP contribution in [0.15, 0.2) is 218 Å². The van der Waals surface area contributed by atoms with Crippen LogP contribution in [0.3, 0.4) is 0 Å². The molecule has 14 rings (SSSR count). The summed E-state index contributed by atoms with van der Waals surface area (Å²) in [5.74, 6) is 0. The third-order valence-corrected chi connectivity index (χ3v) is 14.2. The normalized spacial score (nSPS) is 13.3. The highest BCUT2D eigenvalue weighted by Gasteiger charge is 2.25. The van der Waals surface area contributed by atoms with Crippen LogP contribution in [0.5, 0.6) is 0 Å². The lowest BCUT2D eigenvalue weighted by molar-refractivity contribution is 0.935. The van der Waals surface area contributed by atoms with Crippen molar-refractivity contribution in [1.29, 1.82) is 0 Å². The van der Waals surface area contributed by atoms with E-state index in [0.717, 1.165) is 35.6 Å². The summed E-state index contributed by atoms with van der Waals surface area (Å²) in [6.07, 6.45) is 8.10. The molecule has 0 fully saturated rings. The summed E-state index contributed by atoms with van der Waals surface area (Å²) in [6, 6.07) is 74.3. The summed E-state index contributed by atoms with van der Waals surface area (Å²) < 4.78 is 4.91. The second-order valence-corrected chi connectivity index (χ2v) is 17.6. The number of fused-ring (bicyclic) bond motifs is 11. The Hall–Kier alpha value is -8.14. The van der Waals surface area contributed by atoms with E-state index in [1.54, 1.807) is 5.57 Å². The molecular formula is C63H47N3. The van der Waals surface area contributed by atoms with Gasteiger partial charge >= 0.3 is 0 Å². The topological polar surface area (TPSA) is 12.6 Å². The molecule has 0 spiro atoms. The van der Waals surface area contributed by atoms with Gasteiger partial charge in [-0.1, -0.05) is 165 Å². The predicted octanol–water partition coefficient (Wildman–Crippen LogP) is 17.4. The van der Waals surface area contributed by atoms with Crippen LogP contribution < -0.4 is 4.90 Å². The Morgan fingerprint density at radius 3 is 1.74 bits per heavy atom. The molecule has 0 saturated heterocycles. The third kappa shape index (κ3) is 5.76. The fourth-order valence-corrected chi connectivity index (χ4v) is 11.2. The van der Waals surface area contributed by atoms with Crippen LogP contribution >= 0.6 is 0 Å². The first-order valence-corrected chi connectivity index (χ1v) is 23.5. The fourth-order valence-electron chi connectivity index (χ4n) is 11.2. The minimum absolute atomic E-state index is 1.09. The van der Waals surface area contributed by atoms with Gasteiger partial charge in [0.15, 0.2) is 0 Å². The molecule has 0 saturated carbocycles. The molecule has 0 aliphatic heterocycles. The predicted molar refractivity (Wildman–Crippen MR) is 281 cm³/mol. The molecule has 2 aliphatic carbocycles. The molecule has 3 heterocycles. The van der Waals surface area contributed by atoms with Gasteiger partial charge < -0.3 is 13.9 Å². The maximum Gasteiger partial charge on any atom is 0.0782 e. The maximum absolute atomic E-state index is 2.51. The van der Waals surface area contributed by atoms with Crippen LogP contribution in [0.1, 0.15) is 37.8 Å². The van der Waals surface area contributed by atoms with Crippen molar-refractivity contribution in [1.82, 2.24) is 8.97 Å². The zero-order chi connectivity index (χ0) is 43.9. The van der Waals surface area contributed by atoms with Gasteiger partial charge in [0.1, 0.15) is 0 Å².